The topological polar surface area (TPSA) is 75.9 Å². The van der Waals surface area contributed by atoms with E-state index in [-0.39, 0.29) is 11.8 Å². The van der Waals surface area contributed by atoms with Gasteiger partial charge in [0.2, 0.25) is 5.91 Å². The Morgan fingerprint density at radius 3 is 2.81 bits per heavy atom. The Hall–Kier alpha value is -2.87. The number of benzene rings is 1. The second-order valence-corrected chi connectivity index (χ2v) is 6.89. The van der Waals surface area contributed by atoms with Crippen molar-refractivity contribution >= 4 is 29.2 Å². The van der Waals surface area contributed by atoms with Gasteiger partial charge >= 0.3 is 0 Å². The molecule has 0 atom stereocenters. The second-order valence-electron chi connectivity index (χ2n) is 6.01. The molecule has 1 saturated heterocycles. The summed E-state index contributed by atoms with van der Waals surface area (Å²) in [7, 11) is 0. The van der Waals surface area contributed by atoms with Gasteiger partial charge in [-0.05, 0) is 30.5 Å². The maximum Gasteiger partial charge on any atom is 0.231 e. The van der Waals surface area contributed by atoms with Crippen LogP contribution in [0.5, 0.6) is 0 Å². The minimum Gasteiger partial charge on any atom is -0.355 e. The Morgan fingerprint density at radius 2 is 2.04 bits per heavy atom. The number of amides is 1. The fourth-order valence-corrected chi connectivity index (χ4v) is 3.28. The number of hydrogen-bond donors (Lipinski definition) is 1. The van der Waals surface area contributed by atoms with Crippen molar-refractivity contribution in [3.63, 3.8) is 0 Å². The molecule has 3 heterocycles. The van der Waals surface area contributed by atoms with Crippen molar-refractivity contribution < 1.29 is 4.79 Å². The Bertz CT molecular complexity index is 908. The van der Waals surface area contributed by atoms with Crippen molar-refractivity contribution in [1.82, 2.24) is 19.7 Å². The number of carbonyl (C=O) groups excluding carboxylic acids is 1. The highest BCUT2D eigenvalue weighted by molar-refractivity contribution is 7.98. The van der Waals surface area contributed by atoms with Crippen LogP contribution in [0.3, 0.4) is 0 Å². The summed E-state index contributed by atoms with van der Waals surface area (Å²) in [5.74, 6) is 1.51. The molecule has 7 nitrogen and oxygen atoms in total. The van der Waals surface area contributed by atoms with Crippen molar-refractivity contribution in [2.75, 3.05) is 29.6 Å². The molecule has 8 heteroatoms. The van der Waals surface area contributed by atoms with Crippen LogP contribution in [0.15, 0.2) is 60.0 Å². The van der Waals surface area contributed by atoms with Crippen molar-refractivity contribution in [1.29, 1.82) is 0 Å². The molecule has 132 valence electrons. The number of anilines is 2. The van der Waals surface area contributed by atoms with E-state index in [0.29, 0.717) is 18.9 Å². The van der Waals surface area contributed by atoms with Crippen LogP contribution in [0.1, 0.15) is 0 Å². The molecule has 0 bridgehead atoms. The maximum atomic E-state index is 12.4. The monoisotopic (exact) mass is 366 g/mol. The van der Waals surface area contributed by atoms with Crippen molar-refractivity contribution in [3.8, 4) is 5.82 Å². The van der Waals surface area contributed by atoms with Crippen molar-refractivity contribution in [3.05, 3.63) is 55.1 Å². The number of rotatable bonds is 5. The summed E-state index contributed by atoms with van der Waals surface area (Å²) in [6.45, 7) is 1.28. The number of thioether (sulfide) groups is 1. The van der Waals surface area contributed by atoms with Gasteiger partial charge in [0.05, 0.1) is 5.92 Å². The van der Waals surface area contributed by atoms with E-state index in [1.165, 1.54) is 6.33 Å². The van der Waals surface area contributed by atoms with Gasteiger partial charge < -0.3 is 10.2 Å². The van der Waals surface area contributed by atoms with Gasteiger partial charge in [-0.2, -0.15) is 5.10 Å². The summed E-state index contributed by atoms with van der Waals surface area (Å²) in [6.07, 6.45) is 7.08. The highest BCUT2D eigenvalue weighted by Crippen LogP contribution is 2.25. The van der Waals surface area contributed by atoms with Gasteiger partial charge in [-0.1, -0.05) is 6.07 Å². The Morgan fingerprint density at radius 1 is 1.19 bits per heavy atom. The lowest BCUT2D eigenvalue weighted by atomic mass is 9.99. The molecule has 1 aliphatic rings. The van der Waals surface area contributed by atoms with E-state index in [9.17, 15) is 4.79 Å². The normalized spacial score (nSPS) is 14.1. The SMILES string of the molecule is CSc1cccc(NC(=O)C2CN(c3cc(-n4cccn4)ncn3)C2)c1. The van der Waals surface area contributed by atoms with Crippen LogP contribution in [0.4, 0.5) is 11.5 Å². The van der Waals surface area contributed by atoms with E-state index in [4.69, 9.17) is 0 Å². The first-order valence-electron chi connectivity index (χ1n) is 8.25. The molecule has 1 amide bonds. The number of aromatic nitrogens is 4. The van der Waals surface area contributed by atoms with Crippen LogP contribution < -0.4 is 10.2 Å². The fourth-order valence-electron chi connectivity index (χ4n) is 2.82. The van der Waals surface area contributed by atoms with Crippen LogP contribution in [0.2, 0.25) is 0 Å². The summed E-state index contributed by atoms with van der Waals surface area (Å²) in [4.78, 5) is 24.2. The third-order valence-corrected chi connectivity index (χ3v) is 5.02. The highest BCUT2D eigenvalue weighted by Gasteiger charge is 2.33. The highest BCUT2D eigenvalue weighted by atomic mass is 32.2. The predicted molar refractivity (Wildman–Crippen MR) is 102 cm³/mol. The van der Waals surface area contributed by atoms with Crippen LogP contribution in [-0.2, 0) is 4.79 Å². The van der Waals surface area contributed by atoms with Gasteiger partial charge in [0.1, 0.15) is 12.1 Å². The smallest absolute Gasteiger partial charge is 0.231 e. The lowest BCUT2D eigenvalue weighted by Crippen LogP contribution is -2.52. The standard InChI is InChI=1S/C18H18N6OS/c1-26-15-5-2-4-14(8-15)22-18(25)13-10-23(11-13)16-9-17(20-12-19-16)24-7-3-6-21-24/h2-9,12-13H,10-11H2,1H3,(H,22,25). The van der Waals surface area contributed by atoms with Gasteiger partial charge in [-0.15, -0.1) is 11.8 Å². The molecular weight excluding hydrogens is 348 g/mol. The Balaban J connectivity index is 1.38. The molecule has 1 aliphatic heterocycles. The quantitative estimate of drug-likeness (QED) is 0.699. The van der Waals surface area contributed by atoms with Crippen LogP contribution in [0, 0.1) is 5.92 Å². The molecule has 1 fully saturated rings. The molecule has 0 saturated carbocycles. The first kappa shape index (κ1) is 16.6. The average Bonchev–Trinajstić information content (AvgIpc) is 3.15. The minimum absolute atomic E-state index is 0.0425. The molecule has 0 aliphatic carbocycles. The number of nitrogens with zero attached hydrogens (tertiary/aromatic N) is 5. The lowest BCUT2D eigenvalue weighted by Gasteiger charge is -2.39. The van der Waals surface area contributed by atoms with E-state index in [2.05, 4.69) is 25.3 Å². The Labute approximate surface area is 155 Å². The molecule has 0 spiro atoms. The summed E-state index contributed by atoms with van der Waals surface area (Å²) in [5, 5.41) is 7.18. The first-order chi connectivity index (χ1) is 12.7. The third-order valence-electron chi connectivity index (χ3n) is 4.29. The van der Waals surface area contributed by atoms with E-state index >= 15 is 0 Å². The van der Waals surface area contributed by atoms with Gasteiger partial charge in [-0.3, -0.25) is 4.79 Å². The average molecular weight is 366 g/mol. The maximum absolute atomic E-state index is 12.4. The largest absolute Gasteiger partial charge is 0.355 e. The van der Waals surface area contributed by atoms with Gasteiger partial charge in [0, 0.05) is 42.1 Å². The Kier molecular flexibility index (Phi) is 4.57. The van der Waals surface area contributed by atoms with Crippen molar-refractivity contribution in [2.24, 2.45) is 5.92 Å². The summed E-state index contributed by atoms with van der Waals surface area (Å²) in [6, 6.07) is 11.6. The molecule has 1 aromatic carbocycles. The van der Waals surface area contributed by atoms with E-state index in [1.807, 2.05) is 48.9 Å². The first-order valence-corrected chi connectivity index (χ1v) is 9.47. The summed E-state index contributed by atoms with van der Waals surface area (Å²) in [5.41, 5.74) is 0.836. The molecular formula is C18H18N6OS. The molecule has 1 N–H and O–H groups in total. The van der Waals surface area contributed by atoms with Crippen LogP contribution >= 0.6 is 11.8 Å². The van der Waals surface area contributed by atoms with E-state index in [0.717, 1.165) is 16.4 Å². The van der Waals surface area contributed by atoms with E-state index in [1.54, 1.807) is 22.6 Å². The van der Waals surface area contributed by atoms with Crippen LogP contribution in [-0.4, -0.2) is 45.0 Å². The zero-order valence-corrected chi connectivity index (χ0v) is 15.1. The molecule has 0 radical (unpaired) electrons. The fraction of sp³-hybridized carbons (Fsp3) is 0.222. The van der Waals surface area contributed by atoms with E-state index < -0.39 is 0 Å². The van der Waals surface area contributed by atoms with Gasteiger partial charge in [-0.25, -0.2) is 14.6 Å². The summed E-state index contributed by atoms with van der Waals surface area (Å²) >= 11 is 1.66. The number of nitrogens with one attached hydrogen (secondary N) is 1. The third kappa shape index (κ3) is 3.41. The van der Waals surface area contributed by atoms with Crippen molar-refractivity contribution in [2.45, 2.75) is 4.90 Å². The second kappa shape index (κ2) is 7.17. The van der Waals surface area contributed by atoms with Gasteiger partial charge in [0.15, 0.2) is 5.82 Å². The molecule has 26 heavy (non-hydrogen) atoms. The minimum atomic E-state index is -0.0453. The molecule has 0 unspecified atom stereocenters. The number of hydrogen-bond acceptors (Lipinski definition) is 6. The number of carbonyl (C=O) groups is 1. The molecule has 3 aromatic rings. The summed E-state index contributed by atoms with van der Waals surface area (Å²) < 4.78 is 1.69. The van der Waals surface area contributed by atoms with Gasteiger partial charge in [0.25, 0.3) is 0 Å². The zero-order valence-electron chi connectivity index (χ0n) is 14.2. The zero-order chi connectivity index (χ0) is 17.9. The lowest BCUT2D eigenvalue weighted by molar-refractivity contribution is -0.120. The van der Waals surface area contributed by atoms with Crippen LogP contribution in [0.25, 0.3) is 5.82 Å². The predicted octanol–water partition coefficient (Wildman–Crippen LogP) is 2.46. The molecule has 2 aromatic heterocycles. The molecule has 4 rings (SSSR count).